The van der Waals surface area contributed by atoms with Gasteiger partial charge in [-0.2, -0.15) is 0 Å². The lowest BCUT2D eigenvalue weighted by atomic mass is 10.2. The number of benzene rings is 1. The molecule has 0 atom stereocenters. The maximum atomic E-state index is 12.0. The summed E-state index contributed by atoms with van der Waals surface area (Å²) < 4.78 is 25.3. The first kappa shape index (κ1) is 17.8. The molecule has 1 aromatic rings. The molecule has 7 heteroatoms. The highest BCUT2D eigenvalue weighted by molar-refractivity contribution is 7.92. The molecule has 0 aliphatic rings. The van der Waals surface area contributed by atoms with Crippen molar-refractivity contribution in [2.45, 2.75) is 26.7 Å². The van der Waals surface area contributed by atoms with Gasteiger partial charge in [0.05, 0.1) is 11.9 Å². The van der Waals surface area contributed by atoms with Gasteiger partial charge < -0.3 is 5.32 Å². The van der Waals surface area contributed by atoms with Crippen molar-refractivity contribution in [1.29, 1.82) is 0 Å². The van der Waals surface area contributed by atoms with E-state index in [0.29, 0.717) is 35.7 Å². The van der Waals surface area contributed by atoms with E-state index in [-0.39, 0.29) is 12.5 Å². The lowest BCUT2D eigenvalue weighted by Crippen LogP contribution is -2.32. The van der Waals surface area contributed by atoms with E-state index < -0.39 is 10.0 Å². The molecule has 21 heavy (non-hydrogen) atoms. The van der Waals surface area contributed by atoms with Crippen LogP contribution in [0.3, 0.4) is 0 Å². The normalized spacial score (nSPS) is 11.2. The molecule has 0 fully saturated rings. The summed E-state index contributed by atoms with van der Waals surface area (Å²) in [5.74, 6) is -0.0752. The number of nitrogens with one attached hydrogen (secondary N) is 1. The minimum absolute atomic E-state index is 0.0752. The molecular formula is C14H21ClN2O3S. The van der Waals surface area contributed by atoms with Gasteiger partial charge in [-0.05, 0) is 38.0 Å². The summed E-state index contributed by atoms with van der Waals surface area (Å²) in [7, 11) is -3.42. The molecule has 0 unspecified atom stereocenters. The van der Waals surface area contributed by atoms with Crippen LogP contribution in [0.4, 0.5) is 5.69 Å². The van der Waals surface area contributed by atoms with Crippen LogP contribution in [-0.4, -0.2) is 33.7 Å². The van der Waals surface area contributed by atoms with Gasteiger partial charge in [0.15, 0.2) is 0 Å². The molecule has 1 N–H and O–H groups in total. The second-order valence-electron chi connectivity index (χ2n) is 4.78. The summed E-state index contributed by atoms with van der Waals surface area (Å²) in [6, 6.07) is 5.15. The van der Waals surface area contributed by atoms with Crippen LogP contribution in [0.5, 0.6) is 0 Å². The number of sulfonamides is 1. The van der Waals surface area contributed by atoms with Crippen LogP contribution in [0, 0.1) is 6.92 Å². The SMILES string of the molecule is CCNC(=O)CCCN(c1cccc(Cl)c1C)S(C)(=O)=O. The summed E-state index contributed by atoms with van der Waals surface area (Å²) in [6.07, 6.45) is 1.89. The summed E-state index contributed by atoms with van der Waals surface area (Å²) in [5, 5.41) is 3.21. The summed E-state index contributed by atoms with van der Waals surface area (Å²) in [4.78, 5) is 11.4. The van der Waals surface area contributed by atoms with E-state index in [1.54, 1.807) is 25.1 Å². The van der Waals surface area contributed by atoms with Gasteiger partial charge in [-0.3, -0.25) is 9.10 Å². The molecule has 0 spiro atoms. The largest absolute Gasteiger partial charge is 0.356 e. The van der Waals surface area contributed by atoms with Gasteiger partial charge in [0, 0.05) is 24.5 Å². The topological polar surface area (TPSA) is 66.5 Å². The molecule has 0 radical (unpaired) electrons. The lowest BCUT2D eigenvalue weighted by molar-refractivity contribution is -0.121. The van der Waals surface area contributed by atoms with Crippen molar-refractivity contribution in [3.05, 3.63) is 28.8 Å². The van der Waals surface area contributed by atoms with E-state index in [0.717, 1.165) is 6.26 Å². The highest BCUT2D eigenvalue weighted by atomic mass is 35.5. The number of amides is 1. The fourth-order valence-corrected chi connectivity index (χ4v) is 3.19. The van der Waals surface area contributed by atoms with Crippen LogP contribution < -0.4 is 9.62 Å². The van der Waals surface area contributed by atoms with Crippen LogP contribution in [0.25, 0.3) is 0 Å². The number of carbonyl (C=O) groups excluding carboxylic acids is 1. The molecule has 1 amide bonds. The molecule has 1 rings (SSSR count). The van der Waals surface area contributed by atoms with Crippen LogP contribution in [0.2, 0.25) is 5.02 Å². The fraction of sp³-hybridized carbons (Fsp3) is 0.500. The van der Waals surface area contributed by atoms with Crippen molar-refractivity contribution in [3.63, 3.8) is 0 Å². The summed E-state index contributed by atoms with van der Waals surface area (Å²) >= 11 is 6.05. The second-order valence-corrected chi connectivity index (χ2v) is 7.09. The Hall–Kier alpha value is -1.27. The number of carbonyl (C=O) groups is 1. The fourth-order valence-electron chi connectivity index (χ4n) is 2.00. The quantitative estimate of drug-likeness (QED) is 0.833. The molecule has 1 aromatic carbocycles. The van der Waals surface area contributed by atoms with Crippen molar-refractivity contribution < 1.29 is 13.2 Å². The zero-order valence-electron chi connectivity index (χ0n) is 12.5. The molecular weight excluding hydrogens is 312 g/mol. The Kier molecular flexibility index (Phi) is 6.48. The van der Waals surface area contributed by atoms with Crippen molar-refractivity contribution >= 4 is 33.2 Å². The smallest absolute Gasteiger partial charge is 0.232 e. The number of anilines is 1. The predicted octanol–water partition coefficient (Wildman–Crippen LogP) is 2.33. The maximum Gasteiger partial charge on any atom is 0.232 e. The van der Waals surface area contributed by atoms with E-state index in [1.807, 2.05) is 6.92 Å². The minimum atomic E-state index is -3.42. The molecule has 0 saturated carbocycles. The van der Waals surface area contributed by atoms with Crippen LogP contribution >= 0.6 is 11.6 Å². The Labute approximate surface area is 131 Å². The zero-order valence-corrected chi connectivity index (χ0v) is 14.1. The van der Waals surface area contributed by atoms with E-state index in [4.69, 9.17) is 11.6 Å². The zero-order chi connectivity index (χ0) is 16.0. The number of hydrogen-bond donors (Lipinski definition) is 1. The van der Waals surface area contributed by atoms with Crippen molar-refractivity contribution in [2.75, 3.05) is 23.7 Å². The van der Waals surface area contributed by atoms with Crippen LogP contribution in [0.1, 0.15) is 25.3 Å². The average molecular weight is 333 g/mol. The minimum Gasteiger partial charge on any atom is -0.356 e. The lowest BCUT2D eigenvalue weighted by Gasteiger charge is -2.24. The number of halogens is 1. The Morgan fingerprint density at radius 2 is 2.05 bits per heavy atom. The van der Waals surface area contributed by atoms with Crippen molar-refractivity contribution in [1.82, 2.24) is 5.32 Å². The van der Waals surface area contributed by atoms with Gasteiger partial charge in [0.1, 0.15) is 0 Å². The van der Waals surface area contributed by atoms with Gasteiger partial charge >= 0.3 is 0 Å². The number of rotatable bonds is 7. The Morgan fingerprint density at radius 1 is 1.38 bits per heavy atom. The third-order valence-corrected chi connectivity index (χ3v) is 4.64. The van der Waals surface area contributed by atoms with Crippen molar-refractivity contribution in [2.24, 2.45) is 0 Å². The van der Waals surface area contributed by atoms with Gasteiger partial charge in [-0.15, -0.1) is 0 Å². The van der Waals surface area contributed by atoms with Crippen LogP contribution in [-0.2, 0) is 14.8 Å². The molecule has 0 aliphatic heterocycles. The Balaban J connectivity index is 2.88. The Bertz CT molecular complexity index is 602. The van der Waals surface area contributed by atoms with E-state index in [9.17, 15) is 13.2 Å². The molecule has 0 heterocycles. The highest BCUT2D eigenvalue weighted by Crippen LogP contribution is 2.28. The maximum absolute atomic E-state index is 12.0. The first-order valence-corrected chi connectivity index (χ1v) is 8.99. The summed E-state index contributed by atoms with van der Waals surface area (Å²) in [5.41, 5.74) is 1.27. The first-order valence-electron chi connectivity index (χ1n) is 6.77. The van der Waals surface area contributed by atoms with Gasteiger partial charge in [0.25, 0.3) is 0 Å². The van der Waals surface area contributed by atoms with Gasteiger partial charge in [-0.25, -0.2) is 8.42 Å². The standard InChI is InChI=1S/C14H21ClN2O3S/c1-4-16-14(18)9-6-10-17(21(3,19)20)13-8-5-7-12(15)11(13)2/h5,7-8H,4,6,9-10H2,1-3H3,(H,16,18). The summed E-state index contributed by atoms with van der Waals surface area (Å²) in [6.45, 7) is 4.44. The molecule has 0 aromatic heterocycles. The Morgan fingerprint density at radius 3 is 2.62 bits per heavy atom. The number of nitrogens with zero attached hydrogens (tertiary/aromatic N) is 1. The highest BCUT2D eigenvalue weighted by Gasteiger charge is 2.20. The molecule has 0 aliphatic carbocycles. The number of hydrogen-bond acceptors (Lipinski definition) is 3. The second kappa shape index (κ2) is 7.66. The third-order valence-electron chi connectivity index (χ3n) is 3.05. The monoisotopic (exact) mass is 332 g/mol. The van der Waals surface area contributed by atoms with Gasteiger partial charge in [-0.1, -0.05) is 17.7 Å². The van der Waals surface area contributed by atoms with Gasteiger partial charge in [0.2, 0.25) is 15.9 Å². The molecule has 5 nitrogen and oxygen atoms in total. The van der Waals surface area contributed by atoms with E-state index in [1.165, 1.54) is 4.31 Å². The third kappa shape index (κ3) is 5.21. The predicted molar refractivity (Wildman–Crippen MR) is 86.3 cm³/mol. The van der Waals surface area contributed by atoms with E-state index in [2.05, 4.69) is 5.32 Å². The molecule has 0 saturated heterocycles. The van der Waals surface area contributed by atoms with Crippen molar-refractivity contribution in [3.8, 4) is 0 Å². The average Bonchev–Trinajstić information content (AvgIpc) is 2.37. The molecule has 118 valence electrons. The first-order chi connectivity index (χ1) is 9.77. The molecule has 0 bridgehead atoms. The van der Waals surface area contributed by atoms with E-state index >= 15 is 0 Å². The van der Waals surface area contributed by atoms with Crippen LogP contribution in [0.15, 0.2) is 18.2 Å².